The van der Waals surface area contributed by atoms with Crippen molar-refractivity contribution in [3.05, 3.63) is 28.0 Å². The van der Waals surface area contributed by atoms with E-state index in [1.165, 1.54) is 11.3 Å². The van der Waals surface area contributed by atoms with Gasteiger partial charge in [-0.1, -0.05) is 0 Å². The number of nitrogens with zero attached hydrogens (tertiary/aromatic N) is 1. The third kappa shape index (κ3) is 2.13. The van der Waals surface area contributed by atoms with Crippen LogP contribution in [0.2, 0.25) is 0 Å². The van der Waals surface area contributed by atoms with Crippen molar-refractivity contribution in [2.24, 2.45) is 0 Å². The van der Waals surface area contributed by atoms with Crippen molar-refractivity contribution in [2.75, 3.05) is 0 Å². The number of aryl methyl sites for hydroxylation is 2. The number of carboxylic acid groups (broad SMARTS) is 1. The molecule has 1 N–H and O–H groups in total. The van der Waals surface area contributed by atoms with Crippen molar-refractivity contribution in [3.63, 3.8) is 0 Å². The third-order valence-electron chi connectivity index (χ3n) is 2.43. The zero-order valence-electron chi connectivity index (χ0n) is 9.53. The lowest BCUT2D eigenvalue weighted by Gasteiger charge is -1.91. The normalized spacial score (nSPS) is 11.2. The Morgan fingerprint density at radius 2 is 2.17 bits per heavy atom. The molecule has 0 atom stereocenters. The molecular weight excluding hydrogens is 264 g/mol. The number of aromatic nitrogens is 1. The molecule has 0 spiro atoms. The van der Waals surface area contributed by atoms with Crippen LogP contribution in [0.1, 0.15) is 33.1 Å². The Balaban J connectivity index is 2.53. The van der Waals surface area contributed by atoms with E-state index in [1.807, 2.05) is 13.8 Å². The van der Waals surface area contributed by atoms with Gasteiger partial charge in [-0.2, -0.15) is 0 Å². The minimum atomic E-state index is -2.98. The Kier molecular flexibility index (Phi) is 3.16. The van der Waals surface area contributed by atoms with Gasteiger partial charge in [0.1, 0.15) is 0 Å². The predicted octanol–water partition coefficient (Wildman–Crippen LogP) is 3.66. The molecule has 0 radical (unpaired) electrons. The van der Waals surface area contributed by atoms with Gasteiger partial charge in [0.25, 0.3) is 6.43 Å². The topological polar surface area (TPSA) is 63.3 Å². The molecular formula is C11H9F2NO3S. The lowest BCUT2D eigenvalue weighted by atomic mass is 10.3. The number of halogens is 2. The Morgan fingerprint density at radius 3 is 2.56 bits per heavy atom. The van der Waals surface area contributed by atoms with Crippen molar-refractivity contribution in [3.8, 4) is 10.8 Å². The number of alkyl halides is 2. The van der Waals surface area contributed by atoms with E-state index in [9.17, 15) is 13.6 Å². The minimum Gasteiger partial charge on any atom is -0.475 e. The highest BCUT2D eigenvalue weighted by Gasteiger charge is 2.27. The fourth-order valence-corrected chi connectivity index (χ4v) is 2.38. The summed E-state index contributed by atoms with van der Waals surface area (Å²) in [4.78, 5) is 15.9. The second-order valence-electron chi connectivity index (χ2n) is 3.69. The second kappa shape index (κ2) is 4.49. The van der Waals surface area contributed by atoms with Gasteiger partial charge in [0.05, 0.1) is 4.88 Å². The molecule has 0 fully saturated rings. The fourth-order valence-electron chi connectivity index (χ4n) is 1.42. The van der Waals surface area contributed by atoms with Crippen molar-refractivity contribution in [1.29, 1.82) is 0 Å². The molecule has 7 heteroatoms. The number of rotatable bonds is 3. The molecule has 0 aliphatic rings. The first-order chi connectivity index (χ1) is 8.40. The van der Waals surface area contributed by atoms with E-state index < -0.39 is 23.8 Å². The smallest absolute Gasteiger partial charge is 0.374 e. The van der Waals surface area contributed by atoms with Crippen LogP contribution in [0.15, 0.2) is 10.5 Å². The van der Waals surface area contributed by atoms with E-state index in [2.05, 4.69) is 4.98 Å². The molecule has 2 rings (SSSR count). The molecule has 0 aromatic carbocycles. The zero-order chi connectivity index (χ0) is 13.4. The van der Waals surface area contributed by atoms with Gasteiger partial charge in [0.2, 0.25) is 11.7 Å². The summed E-state index contributed by atoms with van der Waals surface area (Å²) in [5.74, 6) is -2.43. The summed E-state index contributed by atoms with van der Waals surface area (Å²) >= 11 is 1.32. The summed E-state index contributed by atoms with van der Waals surface area (Å²) in [6.45, 7) is 3.74. The van der Waals surface area contributed by atoms with E-state index in [0.29, 0.717) is 4.88 Å². The standard InChI is InChI=1S/C11H9F2NO3S/c1-4-3-6(18-5(4)2)10-14-7(9(12)13)8(17-10)11(15)16/h3,9H,1-2H3,(H,15,16). The van der Waals surface area contributed by atoms with Crippen molar-refractivity contribution < 1.29 is 23.1 Å². The lowest BCUT2D eigenvalue weighted by Crippen LogP contribution is -1.99. The first-order valence-electron chi connectivity index (χ1n) is 4.99. The van der Waals surface area contributed by atoms with Crippen LogP contribution in [0.25, 0.3) is 10.8 Å². The molecule has 2 heterocycles. The van der Waals surface area contributed by atoms with Gasteiger partial charge in [0.15, 0.2) is 5.69 Å². The van der Waals surface area contributed by atoms with Crippen LogP contribution in [0.4, 0.5) is 8.78 Å². The number of aromatic carboxylic acids is 1. The molecule has 96 valence electrons. The Bertz CT molecular complexity index is 584. The first-order valence-corrected chi connectivity index (χ1v) is 5.81. The summed E-state index contributed by atoms with van der Waals surface area (Å²) < 4.78 is 30.1. The maximum Gasteiger partial charge on any atom is 0.374 e. The molecule has 0 unspecified atom stereocenters. The van der Waals surface area contributed by atoms with Crippen LogP contribution in [0, 0.1) is 13.8 Å². The van der Waals surface area contributed by atoms with Gasteiger partial charge < -0.3 is 9.52 Å². The van der Waals surface area contributed by atoms with Crippen molar-refractivity contribution >= 4 is 17.3 Å². The highest BCUT2D eigenvalue weighted by Crippen LogP contribution is 2.33. The third-order valence-corrected chi connectivity index (χ3v) is 3.57. The van der Waals surface area contributed by atoms with Crippen LogP contribution in [-0.2, 0) is 0 Å². The van der Waals surface area contributed by atoms with Crippen LogP contribution in [-0.4, -0.2) is 16.1 Å². The van der Waals surface area contributed by atoms with Crippen molar-refractivity contribution in [1.82, 2.24) is 4.98 Å². The number of thiophene rings is 1. The van der Waals surface area contributed by atoms with Gasteiger partial charge >= 0.3 is 5.97 Å². The number of oxazole rings is 1. The molecule has 0 saturated heterocycles. The van der Waals surface area contributed by atoms with E-state index in [0.717, 1.165) is 10.4 Å². The van der Waals surface area contributed by atoms with Crippen molar-refractivity contribution in [2.45, 2.75) is 20.3 Å². The van der Waals surface area contributed by atoms with E-state index in [-0.39, 0.29) is 5.89 Å². The molecule has 0 bridgehead atoms. The number of carboxylic acids is 1. The summed E-state index contributed by atoms with van der Waals surface area (Å²) in [5.41, 5.74) is 0.143. The van der Waals surface area contributed by atoms with Crippen LogP contribution >= 0.6 is 11.3 Å². The first kappa shape index (κ1) is 12.7. The molecule has 2 aromatic heterocycles. The number of hydrogen-bond acceptors (Lipinski definition) is 4. The maximum absolute atomic E-state index is 12.6. The average molecular weight is 273 g/mol. The highest BCUT2D eigenvalue weighted by molar-refractivity contribution is 7.15. The predicted molar refractivity (Wildman–Crippen MR) is 61.2 cm³/mol. The number of carbonyl (C=O) groups is 1. The summed E-state index contributed by atoms with van der Waals surface area (Å²) in [7, 11) is 0. The average Bonchev–Trinajstić information content (AvgIpc) is 2.83. The molecule has 18 heavy (non-hydrogen) atoms. The number of hydrogen-bond donors (Lipinski definition) is 1. The zero-order valence-corrected chi connectivity index (χ0v) is 10.3. The highest BCUT2D eigenvalue weighted by atomic mass is 32.1. The van der Waals surface area contributed by atoms with E-state index >= 15 is 0 Å². The maximum atomic E-state index is 12.6. The molecule has 0 aliphatic carbocycles. The minimum absolute atomic E-state index is 0.0797. The van der Waals surface area contributed by atoms with Crippen LogP contribution < -0.4 is 0 Å². The largest absolute Gasteiger partial charge is 0.475 e. The fraction of sp³-hybridized carbons (Fsp3) is 0.273. The van der Waals surface area contributed by atoms with Crippen LogP contribution in [0.3, 0.4) is 0 Å². The molecule has 2 aromatic rings. The molecule has 0 amide bonds. The quantitative estimate of drug-likeness (QED) is 0.927. The summed E-state index contributed by atoms with van der Waals surface area (Å²) in [6, 6.07) is 1.73. The Labute approximate surface area is 105 Å². The van der Waals surface area contributed by atoms with Gasteiger partial charge in [-0.15, -0.1) is 11.3 Å². The molecule has 4 nitrogen and oxygen atoms in total. The SMILES string of the molecule is Cc1cc(-c2nc(C(F)F)c(C(=O)O)o2)sc1C. The van der Waals surface area contributed by atoms with Gasteiger partial charge in [-0.05, 0) is 25.5 Å². The summed E-state index contributed by atoms with van der Waals surface area (Å²) in [5, 5.41) is 8.77. The lowest BCUT2D eigenvalue weighted by molar-refractivity contribution is 0.0647. The van der Waals surface area contributed by atoms with Crippen LogP contribution in [0.5, 0.6) is 0 Å². The van der Waals surface area contributed by atoms with Gasteiger partial charge in [-0.3, -0.25) is 0 Å². The molecule has 0 aliphatic heterocycles. The molecule has 0 saturated carbocycles. The van der Waals surface area contributed by atoms with Gasteiger partial charge in [0, 0.05) is 4.88 Å². The Morgan fingerprint density at radius 1 is 1.50 bits per heavy atom. The van der Waals surface area contributed by atoms with Gasteiger partial charge in [-0.25, -0.2) is 18.6 Å². The van der Waals surface area contributed by atoms with E-state index in [1.54, 1.807) is 6.07 Å². The monoisotopic (exact) mass is 273 g/mol. The van der Waals surface area contributed by atoms with E-state index in [4.69, 9.17) is 9.52 Å². The summed E-state index contributed by atoms with van der Waals surface area (Å²) in [6.07, 6.45) is -2.98. The Hall–Kier alpha value is -1.76. The second-order valence-corrected chi connectivity index (χ2v) is 4.95.